The number of para-hydroxylation sites is 2. The first kappa shape index (κ1) is 18.4. The molecule has 0 aliphatic carbocycles. The highest BCUT2D eigenvalue weighted by Gasteiger charge is 2.19. The molecule has 0 bridgehead atoms. The number of sulfonamides is 1. The molecule has 136 valence electrons. The predicted molar refractivity (Wildman–Crippen MR) is 102 cm³/mol. The van der Waals surface area contributed by atoms with E-state index in [-0.39, 0.29) is 10.8 Å². The molecule has 1 aromatic heterocycles. The van der Waals surface area contributed by atoms with Crippen LogP contribution < -0.4 is 10.5 Å². The van der Waals surface area contributed by atoms with E-state index in [0.717, 1.165) is 16.2 Å². The number of hydrogen-bond donors (Lipinski definition) is 2. The summed E-state index contributed by atoms with van der Waals surface area (Å²) in [5.74, 6) is -0.256. The van der Waals surface area contributed by atoms with Crippen molar-refractivity contribution in [2.75, 3.05) is 5.32 Å². The van der Waals surface area contributed by atoms with Crippen molar-refractivity contribution in [3.8, 4) is 0 Å². The number of carbonyl (C=O) groups excluding carboxylic acids is 1. The van der Waals surface area contributed by atoms with Crippen molar-refractivity contribution in [1.82, 2.24) is 9.55 Å². The van der Waals surface area contributed by atoms with Gasteiger partial charge in [-0.15, -0.1) is 0 Å². The minimum Gasteiger partial charge on any atom is -0.325 e. The Bertz CT molecular complexity index is 1080. The molecule has 0 saturated carbocycles. The molecule has 1 amide bonds. The smallest absolute Gasteiger partial charge is 0.238 e. The number of imidazole rings is 1. The van der Waals surface area contributed by atoms with Crippen LogP contribution in [0.5, 0.6) is 0 Å². The number of aryl methyl sites for hydroxylation is 1. The van der Waals surface area contributed by atoms with E-state index in [1.807, 2.05) is 35.9 Å². The van der Waals surface area contributed by atoms with Crippen molar-refractivity contribution in [3.05, 3.63) is 48.5 Å². The van der Waals surface area contributed by atoms with Gasteiger partial charge in [0.2, 0.25) is 15.9 Å². The number of aromatic nitrogens is 2. The van der Waals surface area contributed by atoms with Crippen molar-refractivity contribution < 1.29 is 13.2 Å². The summed E-state index contributed by atoms with van der Waals surface area (Å²) < 4.78 is 24.8. The number of carbonyl (C=O) groups is 1. The standard InChI is InChI=1S/C17H18N4O3S2/c1-11(25-17-20-14-8-3-4-9-15(14)21(17)2)16(22)19-12-6-5-7-13(10-12)26(18,23)24/h3-11H,1-2H3,(H,19,22)(H2,18,23,24). The fraction of sp³-hybridized carbons (Fsp3) is 0.176. The van der Waals surface area contributed by atoms with E-state index in [2.05, 4.69) is 10.3 Å². The Balaban J connectivity index is 1.75. The van der Waals surface area contributed by atoms with Gasteiger partial charge in [-0.2, -0.15) is 0 Å². The molecule has 0 saturated heterocycles. The summed E-state index contributed by atoms with van der Waals surface area (Å²) in [7, 11) is -1.92. The Kier molecular flexibility index (Phi) is 5.03. The van der Waals surface area contributed by atoms with Crippen LogP contribution in [0.4, 0.5) is 5.69 Å². The summed E-state index contributed by atoms with van der Waals surface area (Å²) in [5, 5.41) is 8.13. The minimum absolute atomic E-state index is 0.0500. The molecule has 0 fully saturated rings. The molecule has 7 nitrogen and oxygen atoms in total. The van der Waals surface area contributed by atoms with Crippen LogP contribution in [-0.4, -0.2) is 29.1 Å². The van der Waals surface area contributed by atoms with Crippen LogP contribution in [0.25, 0.3) is 11.0 Å². The van der Waals surface area contributed by atoms with Crippen molar-refractivity contribution in [2.24, 2.45) is 12.2 Å². The van der Waals surface area contributed by atoms with Crippen molar-refractivity contribution >= 4 is 44.4 Å². The monoisotopic (exact) mass is 390 g/mol. The van der Waals surface area contributed by atoms with E-state index in [1.54, 1.807) is 13.0 Å². The van der Waals surface area contributed by atoms with Crippen molar-refractivity contribution in [2.45, 2.75) is 22.2 Å². The lowest BCUT2D eigenvalue weighted by Gasteiger charge is -2.12. The maximum atomic E-state index is 12.5. The first-order chi connectivity index (χ1) is 12.3. The fourth-order valence-corrected chi connectivity index (χ4v) is 3.88. The molecule has 0 spiro atoms. The van der Waals surface area contributed by atoms with Crippen LogP contribution in [0, 0.1) is 0 Å². The first-order valence-corrected chi connectivity index (χ1v) is 10.2. The molecule has 3 N–H and O–H groups in total. The van der Waals surface area contributed by atoms with Crippen LogP contribution in [0.2, 0.25) is 0 Å². The molecule has 0 aliphatic heterocycles. The Morgan fingerprint density at radius 3 is 2.65 bits per heavy atom. The van der Waals surface area contributed by atoms with Crippen LogP contribution >= 0.6 is 11.8 Å². The minimum atomic E-state index is -3.82. The summed E-state index contributed by atoms with van der Waals surface area (Å²) in [6, 6.07) is 13.6. The summed E-state index contributed by atoms with van der Waals surface area (Å²) in [4.78, 5) is 16.9. The maximum absolute atomic E-state index is 12.5. The molecule has 26 heavy (non-hydrogen) atoms. The molecular formula is C17H18N4O3S2. The normalized spacial score (nSPS) is 12.9. The number of benzene rings is 2. The van der Waals surface area contributed by atoms with Gasteiger partial charge in [-0.25, -0.2) is 18.5 Å². The van der Waals surface area contributed by atoms with Gasteiger partial charge >= 0.3 is 0 Å². The highest BCUT2D eigenvalue weighted by molar-refractivity contribution is 8.00. The van der Waals surface area contributed by atoms with E-state index >= 15 is 0 Å². The second-order valence-corrected chi connectivity index (χ2v) is 8.63. The number of amides is 1. The molecule has 9 heteroatoms. The second kappa shape index (κ2) is 7.10. The average molecular weight is 390 g/mol. The van der Waals surface area contributed by atoms with Gasteiger partial charge in [-0.3, -0.25) is 4.79 Å². The Morgan fingerprint density at radius 1 is 1.23 bits per heavy atom. The number of hydrogen-bond acceptors (Lipinski definition) is 5. The predicted octanol–water partition coefficient (Wildman–Crippen LogP) is 2.34. The van der Waals surface area contributed by atoms with Crippen LogP contribution in [-0.2, 0) is 21.9 Å². The van der Waals surface area contributed by atoms with Crippen molar-refractivity contribution in [3.63, 3.8) is 0 Å². The van der Waals surface area contributed by atoms with Gasteiger partial charge in [0.1, 0.15) is 0 Å². The first-order valence-electron chi connectivity index (χ1n) is 7.77. The van der Waals surface area contributed by atoms with Crippen LogP contribution in [0.1, 0.15) is 6.92 Å². The number of rotatable bonds is 5. The summed E-state index contributed by atoms with van der Waals surface area (Å²) in [6.45, 7) is 1.77. The van der Waals surface area contributed by atoms with Crippen LogP contribution in [0.15, 0.2) is 58.6 Å². The number of nitrogens with zero attached hydrogens (tertiary/aromatic N) is 2. The molecule has 1 heterocycles. The van der Waals surface area contributed by atoms with Crippen molar-refractivity contribution in [1.29, 1.82) is 0 Å². The molecular weight excluding hydrogens is 372 g/mol. The molecule has 0 aliphatic rings. The van der Waals surface area contributed by atoms with Gasteiger partial charge in [0.15, 0.2) is 5.16 Å². The third kappa shape index (κ3) is 3.90. The average Bonchev–Trinajstić information content (AvgIpc) is 2.90. The Morgan fingerprint density at radius 2 is 1.96 bits per heavy atom. The van der Waals surface area contributed by atoms with E-state index in [9.17, 15) is 13.2 Å². The SMILES string of the molecule is CC(Sc1nc2ccccc2n1C)C(=O)Nc1cccc(S(N)(=O)=O)c1. The number of nitrogens with one attached hydrogen (secondary N) is 1. The third-order valence-electron chi connectivity index (χ3n) is 3.83. The largest absolute Gasteiger partial charge is 0.325 e. The van der Waals surface area contributed by atoms with Gasteiger partial charge in [0.25, 0.3) is 0 Å². The van der Waals surface area contributed by atoms with E-state index in [0.29, 0.717) is 5.69 Å². The summed E-state index contributed by atoms with van der Waals surface area (Å²) >= 11 is 1.33. The quantitative estimate of drug-likeness (QED) is 0.650. The summed E-state index contributed by atoms with van der Waals surface area (Å²) in [6.07, 6.45) is 0. The highest BCUT2D eigenvalue weighted by Crippen LogP contribution is 2.27. The lowest BCUT2D eigenvalue weighted by atomic mass is 10.3. The number of primary sulfonamides is 1. The van der Waals surface area contributed by atoms with Gasteiger partial charge in [0.05, 0.1) is 21.2 Å². The van der Waals surface area contributed by atoms with Gasteiger partial charge in [-0.1, -0.05) is 30.0 Å². The zero-order chi connectivity index (χ0) is 18.9. The lowest BCUT2D eigenvalue weighted by Crippen LogP contribution is -2.23. The number of thioether (sulfide) groups is 1. The maximum Gasteiger partial charge on any atom is 0.238 e. The highest BCUT2D eigenvalue weighted by atomic mass is 32.2. The second-order valence-electron chi connectivity index (χ2n) is 5.76. The van der Waals surface area contributed by atoms with Gasteiger partial charge in [-0.05, 0) is 37.3 Å². The summed E-state index contributed by atoms with van der Waals surface area (Å²) in [5.41, 5.74) is 2.23. The van der Waals surface area contributed by atoms with Gasteiger partial charge < -0.3 is 9.88 Å². The lowest BCUT2D eigenvalue weighted by molar-refractivity contribution is -0.115. The van der Waals surface area contributed by atoms with E-state index in [1.165, 1.54) is 30.0 Å². The molecule has 2 aromatic carbocycles. The molecule has 3 aromatic rings. The van der Waals surface area contributed by atoms with E-state index in [4.69, 9.17) is 5.14 Å². The molecule has 1 unspecified atom stereocenters. The number of nitrogens with two attached hydrogens (primary N) is 1. The van der Waals surface area contributed by atoms with Crippen LogP contribution in [0.3, 0.4) is 0 Å². The molecule has 3 rings (SSSR count). The molecule has 0 radical (unpaired) electrons. The third-order valence-corrected chi connectivity index (χ3v) is 5.88. The topological polar surface area (TPSA) is 107 Å². The molecule has 1 atom stereocenters. The van der Waals surface area contributed by atoms with Gasteiger partial charge in [0, 0.05) is 12.7 Å². The Hall–Kier alpha value is -2.36. The number of fused-ring (bicyclic) bond motifs is 1. The fourth-order valence-electron chi connectivity index (χ4n) is 2.44. The zero-order valence-electron chi connectivity index (χ0n) is 14.2. The Labute approximate surface area is 155 Å². The number of anilines is 1. The van der Waals surface area contributed by atoms with E-state index < -0.39 is 15.3 Å². The zero-order valence-corrected chi connectivity index (χ0v) is 15.8.